The topological polar surface area (TPSA) is 24.7 Å². The van der Waals surface area contributed by atoms with Gasteiger partial charge in [0.25, 0.3) is 0 Å². The summed E-state index contributed by atoms with van der Waals surface area (Å²) in [7, 11) is 0. The van der Waals surface area contributed by atoms with Crippen LogP contribution in [0, 0.1) is 0 Å². The third kappa shape index (κ3) is 3.10. The Morgan fingerprint density at radius 3 is 2.54 bits per heavy atom. The summed E-state index contributed by atoms with van der Waals surface area (Å²) in [5.41, 5.74) is 1.01. The largest absolute Gasteiger partial charge is 0.236 e. The van der Waals surface area contributed by atoms with Crippen molar-refractivity contribution in [3.8, 4) is 0 Å². The van der Waals surface area contributed by atoms with Crippen LogP contribution in [0.1, 0.15) is 5.56 Å². The summed E-state index contributed by atoms with van der Waals surface area (Å²) in [4.78, 5) is 4.13. The molecule has 0 spiro atoms. The third-order valence-corrected chi connectivity index (χ3v) is 1.87. The molecular weight excluding hydrogens is 275 g/mol. The van der Waals surface area contributed by atoms with Gasteiger partial charge in [0.15, 0.2) is 5.84 Å². The zero-order chi connectivity index (χ0) is 9.52. The van der Waals surface area contributed by atoms with E-state index >= 15 is 0 Å². The third-order valence-electron chi connectivity index (χ3n) is 1.41. The van der Waals surface area contributed by atoms with Gasteiger partial charge in [-0.1, -0.05) is 43.0 Å². The molecule has 13 heavy (non-hydrogen) atoms. The first-order valence-corrected chi connectivity index (χ1v) is 4.74. The van der Waals surface area contributed by atoms with Crippen LogP contribution in [0.5, 0.6) is 0 Å². The fraction of sp³-hybridized carbons (Fsp3) is 0. The van der Waals surface area contributed by atoms with Crippen LogP contribution in [-0.2, 0) is 0 Å². The second kappa shape index (κ2) is 5.64. The predicted molar refractivity (Wildman–Crippen MR) is 65.7 cm³/mol. The number of nitrogens with zero attached hydrogens (tertiary/aromatic N) is 2. The van der Waals surface area contributed by atoms with Gasteiger partial charge in [0.2, 0.25) is 0 Å². The lowest BCUT2D eigenvalue weighted by Crippen LogP contribution is -1.94. The minimum absolute atomic E-state index is 0.709. The molecule has 1 rings (SSSR count). The molecule has 0 aliphatic rings. The number of halogens is 1. The van der Waals surface area contributed by atoms with Crippen LogP contribution >= 0.6 is 22.9 Å². The summed E-state index contributed by atoms with van der Waals surface area (Å²) in [6, 6.07) is 9.82. The van der Waals surface area contributed by atoms with Crippen LogP contribution in [0.25, 0.3) is 0 Å². The fourth-order valence-electron chi connectivity index (χ4n) is 0.856. The molecular formula is C10H9IN2. The number of benzene rings is 1. The highest BCUT2D eigenvalue weighted by Crippen LogP contribution is 2.04. The maximum absolute atomic E-state index is 4.13. The molecule has 1 aromatic carbocycles. The molecule has 0 bridgehead atoms. The summed E-state index contributed by atoms with van der Waals surface area (Å²) in [5.74, 6) is 0.709. The van der Waals surface area contributed by atoms with Crippen molar-refractivity contribution in [1.82, 2.24) is 0 Å². The zero-order valence-electron chi connectivity index (χ0n) is 7.02. The Bertz CT molecular complexity index is 328. The Labute approximate surface area is 91.6 Å². The van der Waals surface area contributed by atoms with E-state index in [1.807, 2.05) is 53.2 Å². The summed E-state index contributed by atoms with van der Waals surface area (Å²) < 4.78 is 4.04. The monoisotopic (exact) mass is 284 g/mol. The maximum atomic E-state index is 4.13. The molecule has 3 heteroatoms. The maximum Gasteiger partial charge on any atom is 0.165 e. The minimum Gasteiger partial charge on any atom is -0.236 e. The average molecular weight is 284 g/mol. The Balaban J connectivity index is 2.92. The van der Waals surface area contributed by atoms with E-state index in [1.54, 1.807) is 12.3 Å². The Kier molecular flexibility index (Phi) is 4.39. The minimum atomic E-state index is 0.709. The smallest absolute Gasteiger partial charge is 0.165 e. The number of aliphatic imine (C=N–C) groups is 1. The Morgan fingerprint density at radius 1 is 1.31 bits per heavy atom. The molecule has 0 aromatic heterocycles. The molecule has 1 aromatic rings. The van der Waals surface area contributed by atoms with Crippen molar-refractivity contribution >= 4 is 34.9 Å². The van der Waals surface area contributed by atoms with Crippen LogP contribution in [0.4, 0.5) is 0 Å². The van der Waals surface area contributed by atoms with Crippen molar-refractivity contribution in [1.29, 1.82) is 0 Å². The lowest BCUT2D eigenvalue weighted by molar-refractivity contribution is 1.57. The van der Waals surface area contributed by atoms with Crippen molar-refractivity contribution in [2.45, 2.75) is 0 Å². The van der Waals surface area contributed by atoms with Crippen molar-refractivity contribution in [3.63, 3.8) is 0 Å². The van der Waals surface area contributed by atoms with E-state index < -0.39 is 0 Å². The van der Waals surface area contributed by atoms with Gasteiger partial charge in [-0.15, -0.1) is 0 Å². The molecule has 0 N–H and O–H groups in total. The molecule has 0 fully saturated rings. The summed E-state index contributed by atoms with van der Waals surface area (Å²) in [6.45, 7) is 3.55. The van der Waals surface area contributed by atoms with Gasteiger partial charge in [0, 0.05) is 11.8 Å². The van der Waals surface area contributed by atoms with Gasteiger partial charge in [0.05, 0.1) is 22.9 Å². The molecule has 0 saturated heterocycles. The number of allylic oxidation sites excluding steroid dienone is 1. The zero-order valence-corrected chi connectivity index (χ0v) is 9.18. The highest BCUT2D eigenvalue weighted by molar-refractivity contribution is 14.1. The van der Waals surface area contributed by atoms with Crippen molar-refractivity contribution in [2.24, 2.45) is 8.20 Å². The summed E-state index contributed by atoms with van der Waals surface area (Å²) in [5, 5.41) is 0. The van der Waals surface area contributed by atoms with E-state index in [-0.39, 0.29) is 0 Å². The normalized spacial score (nSPS) is 11.9. The van der Waals surface area contributed by atoms with Crippen molar-refractivity contribution in [2.75, 3.05) is 0 Å². The standard InChI is InChI=1S/C10H9IN2/c1-2-8-12-10(13-11)9-6-4-3-5-7-9/h2-8H,1H2. The van der Waals surface area contributed by atoms with Gasteiger partial charge in [-0.25, -0.2) is 4.99 Å². The lowest BCUT2D eigenvalue weighted by Gasteiger charge is -1.96. The highest BCUT2D eigenvalue weighted by Gasteiger charge is 1.97. The van der Waals surface area contributed by atoms with Crippen LogP contribution in [0.2, 0.25) is 0 Å². The number of amidine groups is 1. The molecule has 0 amide bonds. The number of hydrogen-bond donors (Lipinski definition) is 0. The molecule has 0 heterocycles. The van der Waals surface area contributed by atoms with E-state index in [9.17, 15) is 0 Å². The van der Waals surface area contributed by atoms with E-state index in [0.29, 0.717) is 5.84 Å². The van der Waals surface area contributed by atoms with E-state index in [2.05, 4.69) is 14.8 Å². The molecule has 2 nitrogen and oxygen atoms in total. The molecule has 66 valence electrons. The van der Waals surface area contributed by atoms with Crippen LogP contribution in [0.15, 0.2) is 51.2 Å². The van der Waals surface area contributed by atoms with Gasteiger partial charge < -0.3 is 0 Å². The Hall–Kier alpha value is -0.970. The Morgan fingerprint density at radius 2 is 2.00 bits per heavy atom. The lowest BCUT2D eigenvalue weighted by atomic mass is 10.2. The van der Waals surface area contributed by atoms with Crippen LogP contribution in [0.3, 0.4) is 0 Å². The number of hydrogen-bond acceptors (Lipinski definition) is 1. The van der Waals surface area contributed by atoms with Crippen molar-refractivity contribution in [3.05, 3.63) is 48.6 Å². The molecule has 0 radical (unpaired) electrons. The highest BCUT2D eigenvalue weighted by atomic mass is 127. The average Bonchev–Trinajstić information content (AvgIpc) is 2.21. The van der Waals surface area contributed by atoms with Gasteiger partial charge >= 0.3 is 0 Å². The first kappa shape index (κ1) is 10.1. The van der Waals surface area contributed by atoms with Gasteiger partial charge in [-0.2, -0.15) is 3.21 Å². The molecule has 0 atom stereocenters. The second-order valence-electron chi connectivity index (χ2n) is 2.29. The predicted octanol–water partition coefficient (Wildman–Crippen LogP) is 3.04. The van der Waals surface area contributed by atoms with Crippen LogP contribution in [-0.4, -0.2) is 12.1 Å². The quantitative estimate of drug-likeness (QED) is 0.453. The van der Waals surface area contributed by atoms with Crippen molar-refractivity contribution < 1.29 is 0 Å². The molecule has 0 aliphatic heterocycles. The fourth-order valence-corrected chi connectivity index (χ4v) is 1.26. The number of rotatable bonds is 2. The van der Waals surface area contributed by atoms with Gasteiger partial charge in [-0.3, -0.25) is 0 Å². The molecule has 0 aliphatic carbocycles. The summed E-state index contributed by atoms with van der Waals surface area (Å²) in [6.07, 6.45) is 3.26. The first-order chi connectivity index (χ1) is 6.38. The SMILES string of the molecule is C=CC=NC(=NI)c1ccccc1. The van der Waals surface area contributed by atoms with E-state index in [0.717, 1.165) is 5.56 Å². The van der Waals surface area contributed by atoms with Gasteiger partial charge in [0.1, 0.15) is 0 Å². The van der Waals surface area contributed by atoms with Gasteiger partial charge in [-0.05, 0) is 0 Å². The molecule has 0 unspecified atom stereocenters. The first-order valence-electron chi connectivity index (χ1n) is 3.78. The summed E-state index contributed by atoms with van der Waals surface area (Å²) >= 11 is 1.93. The second-order valence-corrected chi connectivity index (χ2v) is 2.77. The van der Waals surface area contributed by atoms with E-state index in [4.69, 9.17) is 0 Å². The van der Waals surface area contributed by atoms with Crippen LogP contribution < -0.4 is 0 Å². The molecule has 0 saturated carbocycles. The van der Waals surface area contributed by atoms with E-state index in [1.165, 1.54) is 0 Å².